The van der Waals surface area contributed by atoms with Crippen molar-refractivity contribution in [3.63, 3.8) is 0 Å². The molecule has 27 heavy (non-hydrogen) atoms. The van der Waals surface area contributed by atoms with E-state index in [2.05, 4.69) is 10.1 Å². The number of hydrogen-bond acceptors (Lipinski definition) is 7. The number of benzene rings is 2. The molecule has 0 bridgehead atoms. The first-order chi connectivity index (χ1) is 12.9. The van der Waals surface area contributed by atoms with Crippen LogP contribution in [0.2, 0.25) is 0 Å². The summed E-state index contributed by atoms with van der Waals surface area (Å²) in [5, 5.41) is 9.10. The average Bonchev–Trinajstić information content (AvgIpc) is 3.17. The maximum atomic E-state index is 11.3. The van der Waals surface area contributed by atoms with Gasteiger partial charge in [-0.05, 0) is 42.3 Å². The van der Waals surface area contributed by atoms with Gasteiger partial charge in [-0.15, -0.1) is 0 Å². The van der Waals surface area contributed by atoms with Gasteiger partial charge in [0.05, 0.1) is 17.9 Å². The van der Waals surface area contributed by atoms with Crippen LogP contribution in [0.4, 0.5) is 0 Å². The highest BCUT2D eigenvalue weighted by atomic mass is 32.2. The Morgan fingerprint density at radius 1 is 1.19 bits per heavy atom. The molecule has 4 rings (SSSR count). The van der Waals surface area contributed by atoms with Gasteiger partial charge in [0.1, 0.15) is 18.1 Å². The van der Waals surface area contributed by atoms with Crippen LogP contribution < -0.4 is 14.6 Å². The van der Waals surface area contributed by atoms with Crippen molar-refractivity contribution in [2.45, 2.75) is 17.2 Å². The number of nitrogens with zero attached hydrogens (tertiary/aromatic N) is 2. The van der Waals surface area contributed by atoms with Gasteiger partial charge in [0.25, 0.3) is 0 Å². The van der Waals surface area contributed by atoms with Gasteiger partial charge in [0.15, 0.2) is 0 Å². The van der Waals surface area contributed by atoms with E-state index in [9.17, 15) is 8.42 Å². The van der Waals surface area contributed by atoms with Crippen LogP contribution in [0.1, 0.15) is 17.4 Å². The average molecular weight is 387 g/mol. The van der Waals surface area contributed by atoms with E-state index in [1.807, 2.05) is 18.2 Å². The SMILES string of the molecule is COc1ccc2c(c1)OC[C@H](c1nc(-c3ccc(S(N)(=O)=O)cc3)no1)C2. The molecule has 0 amide bonds. The lowest BCUT2D eigenvalue weighted by molar-refractivity contribution is 0.229. The highest BCUT2D eigenvalue weighted by Crippen LogP contribution is 2.34. The second-order valence-corrected chi connectivity index (χ2v) is 7.77. The number of ether oxygens (including phenoxy) is 2. The molecule has 9 heteroatoms. The Hall–Kier alpha value is -2.91. The van der Waals surface area contributed by atoms with Crippen molar-refractivity contribution >= 4 is 10.0 Å². The molecule has 1 aliphatic heterocycles. The first-order valence-electron chi connectivity index (χ1n) is 8.20. The van der Waals surface area contributed by atoms with Crippen LogP contribution in [-0.2, 0) is 16.4 Å². The molecule has 0 spiro atoms. The molecular formula is C18H17N3O5S. The van der Waals surface area contributed by atoms with E-state index in [0.717, 1.165) is 17.1 Å². The summed E-state index contributed by atoms with van der Waals surface area (Å²) in [6.07, 6.45) is 0.714. The van der Waals surface area contributed by atoms with Crippen molar-refractivity contribution in [1.29, 1.82) is 0 Å². The predicted molar refractivity (Wildman–Crippen MR) is 96.0 cm³/mol. The maximum Gasteiger partial charge on any atom is 0.238 e. The summed E-state index contributed by atoms with van der Waals surface area (Å²) in [5.74, 6) is 2.34. The lowest BCUT2D eigenvalue weighted by Crippen LogP contribution is -2.19. The summed E-state index contributed by atoms with van der Waals surface area (Å²) < 4.78 is 39.1. The molecule has 0 unspecified atom stereocenters. The van der Waals surface area contributed by atoms with Gasteiger partial charge in [0, 0.05) is 11.6 Å². The summed E-state index contributed by atoms with van der Waals surface area (Å²) in [6.45, 7) is 0.423. The van der Waals surface area contributed by atoms with Crippen LogP contribution in [0.15, 0.2) is 51.9 Å². The van der Waals surface area contributed by atoms with Gasteiger partial charge < -0.3 is 14.0 Å². The standard InChI is InChI=1S/C18H17N3O5S/c1-24-14-5-2-12-8-13(10-25-16(12)9-14)18-20-17(21-26-18)11-3-6-15(7-4-11)27(19,22)23/h2-7,9,13H,8,10H2,1H3,(H2,19,22,23)/t13-/m1/s1. The Morgan fingerprint density at radius 3 is 2.67 bits per heavy atom. The Bertz CT molecular complexity index is 1080. The number of primary sulfonamides is 1. The molecule has 140 valence electrons. The molecule has 3 aromatic rings. The number of sulfonamides is 1. The molecule has 0 aliphatic carbocycles. The van der Waals surface area contributed by atoms with Crippen LogP contribution in [-0.4, -0.2) is 32.3 Å². The molecular weight excluding hydrogens is 370 g/mol. The fourth-order valence-electron chi connectivity index (χ4n) is 2.95. The second kappa shape index (κ2) is 6.67. The summed E-state index contributed by atoms with van der Waals surface area (Å²) >= 11 is 0. The highest BCUT2D eigenvalue weighted by Gasteiger charge is 2.27. The van der Waals surface area contributed by atoms with Gasteiger partial charge in [-0.3, -0.25) is 0 Å². The van der Waals surface area contributed by atoms with Crippen molar-refractivity contribution in [3.8, 4) is 22.9 Å². The third-order valence-corrected chi connectivity index (χ3v) is 5.34. The minimum absolute atomic E-state index is 0.0303. The summed E-state index contributed by atoms with van der Waals surface area (Å²) in [7, 11) is -2.12. The molecule has 0 saturated carbocycles. The van der Waals surface area contributed by atoms with Crippen LogP contribution in [0.3, 0.4) is 0 Å². The van der Waals surface area contributed by atoms with E-state index in [1.165, 1.54) is 12.1 Å². The fraction of sp³-hybridized carbons (Fsp3) is 0.222. The zero-order chi connectivity index (χ0) is 19.0. The molecule has 2 N–H and O–H groups in total. The normalized spacial score (nSPS) is 16.4. The molecule has 0 fully saturated rings. The largest absolute Gasteiger partial charge is 0.497 e. The van der Waals surface area contributed by atoms with E-state index in [-0.39, 0.29) is 10.8 Å². The Kier molecular flexibility index (Phi) is 4.33. The fourth-order valence-corrected chi connectivity index (χ4v) is 3.47. The van der Waals surface area contributed by atoms with E-state index in [4.69, 9.17) is 19.1 Å². The van der Waals surface area contributed by atoms with Crippen molar-refractivity contribution in [1.82, 2.24) is 10.1 Å². The highest BCUT2D eigenvalue weighted by molar-refractivity contribution is 7.89. The van der Waals surface area contributed by atoms with Crippen molar-refractivity contribution in [2.75, 3.05) is 13.7 Å². The third kappa shape index (κ3) is 3.51. The number of aromatic nitrogens is 2. The lowest BCUT2D eigenvalue weighted by Gasteiger charge is -2.23. The summed E-state index contributed by atoms with van der Waals surface area (Å²) in [5.41, 5.74) is 1.68. The molecule has 1 aliphatic rings. The van der Waals surface area contributed by atoms with Gasteiger partial charge in [-0.2, -0.15) is 4.98 Å². The Labute approximate surface area is 156 Å². The van der Waals surface area contributed by atoms with Crippen LogP contribution >= 0.6 is 0 Å². The molecule has 0 radical (unpaired) electrons. The zero-order valence-corrected chi connectivity index (χ0v) is 15.3. The molecule has 0 saturated heterocycles. The van der Waals surface area contributed by atoms with Crippen LogP contribution in [0, 0.1) is 0 Å². The Balaban J connectivity index is 1.54. The quantitative estimate of drug-likeness (QED) is 0.728. The van der Waals surface area contributed by atoms with E-state index < -0.39 is 10.0 Å². The van der Waals surface area contributed by atoms with Gasteiger partial charge in [-0.25, -0.2) is 13.6 Å². The van der Waals surface area contributed by atoms with E-state index in [1.54, 1.807) is 19.2 Å². The van der Waals surface area contributed by atoms with Gasteiger partial charge in [-0.1, -0.05) is 11.2 Å². The molecule has 2 heterocycles. The summed E-state index contributed by atoms with van der Waals surface area (Å²) in [6, 6.07) is 11.7. The molecule has 8 nitrogen and oxygen atoms in total. The van der Waals surface area contributed by atoms with Crippen LogP contribution in [0.5, 0.6) is 11.5 Å². The number of rotatable bonds is 4. The van der Waals surface area contributed by atoms with Crippen molar-refractivity contribution < 1.29 is 22.4 Å². The lowest BCUT2D eigenvalue weighted by atomic mass is 9.96. The number of fused-ring (bicyclic) bond motifs is 1. The number of hydrogen-bond donors (Lipinski definition) is 1. The zero-order valence-electron chi connectivity index (χ0n) is 14.5. The van der Waals surface area contributed by atoms with Crippen molar-refractivity contribution in [2.24, 2.45) is 5.14 Å². The second-order valence-electron chi connectivity index (χ2n) is 6.21. The molecule has 2 aromatic carbocycles. The monoisotopic (exact) mass is 387 g/mol. The van der Waals surface area contributed by atoms with Crippen molar-refractivity contribution in [3.05, 3.63) is 53.9 Å². The minimum atomic E-state index is -3.74. The van der Waals surface area contributed by atoms with Gasteiger partial charge >= 0.3 is 0 Å². The number of nitrogens with two attached hydrogens (primary N) is 1. The van der Waals surface area contributed by atoms with E-state index >= 15 is 0 Å². The van der Waals surface area contributed by atoms with E-state index in [0.29, 0.717) is 30.3 Å². The number of methoxy groups -OCH3 is 1. The smallest absolute Gasteiger partial charge is 0.238 e. The molecule has 1 atom stereocenters. The topological polar surface area (TPSA) is 118 Å². The maximum absolute atomic E-state index is 11.3. The first kappa shape index (κ1) is 17.5. The minimum Gasteiger partial charge on any atom is -0.497 e. The van der Waals surface area contributed by atoms with Crippen LogP contribution in [0.25, 0.3) is 11.4 Å². The first-order valence-corrected chi connectivity index (χ1v) is 9.75. The predicted octanol–water partition coefficient (Wildman–Crippen LogP) is 2.11. The Morgan fingerprint density at radius 2 is 1.96 bits per heavy atom. The summed E-state index contributed by atoms with van der Waals surface area (Å²) in [4.78, 5) is 4.47. The van der Waals surface area contributed by atoms with Gasteiger partial charge in [0.2, 0.25) is 21.7 Å². The third-order valence-electron chi connectivity index (χ3n) is 4.41. The molecule has 1 aromatic heterocycles.